The summed E-state index contributed by atoms with van der Waals surface area (Å²) in [6.45, 7) is 1.28. The van der Waals surface area contributed by atoms with Crippen LogP contribution in [0.5, 0.6) is 11.5 Å². The molecule has 0 aliphatic rings. The molecular weight excluding hydrogens is 498 g/mol. The predicted molar refractivity (Wildman–Crippen MR) is 121 cm³/mol. The SMILES string of the molecule is COc1cc(/C=N\NC(=O)CN(c2ccc(Cl)cc2C)S(C)(=O)=O)cc(Br)c1OC. The first kappa shape index (κ1) is 24.0. The van der Waals surface area contributed by atoms with Gasteiger partial charge in [-0.2, -0.15) is 5.10 Å². The Morgan fingerprint density at radius 1 is 1.27 bits per heavy atom. The third-order valence-corrected chi connectivity index (χ3v) is 5.92. The van der Waals surface area contributed by atoms with Gasteiger partial charge in [0.15, 0.2) is 11.5 Å². The maximum Gasteiger partial charge on any atom is 0.260 e. The van der Waals surface area contributed by atoms with Crippen molar-refractivity contribution in [3.05, 3.63) is 51.0 Å². The first-order chi connectivity index (χ1) is 14.1. The molecule has 0 spiro atoms. The van der Waals surface area contributed by atoms with Gasteiger partial charge in [-0.15, -0.1) is 0 Å². The molecule has 0 saturated carbocycles. The molecule has 0 saturated heterocycles. The van der Waals surface area contributed by atoms with E-state index in [-0.39, 0.29) is 0 Å². The lowest BCUT2D eigenvalue weighted by atomic mass is 10.2. The van der Waals surface area contributed by atoms with Crippen molar-refractivity contribution in [2.75, 3.05) is 31.3 Å². The number of hydrogen-bond acceptors (Lipinski definition) is 6. The zero-order valence-corrected chi connectivity index (χ0v) is 19.9. The highest BCUT2D eigenvalue weighted by Crippen LogP contribution is 2.35. The largest absolute Gasteiger partial charge is 0.493 e. The summed E-state index contributed by atoms with van der Waals surface area (Å²) in [5, 5.41) is 4.37. The molecule has 162 valence electrons. The molecule has 8 nitrogen and oxygen atoms in total. The molecule has 0 atom stereocenters. The third-order valence-electron chi connectivity index (χ3n) is 3.97. The van der Waals surface area contributed by atoms with Crippen LogP contribution in [0.15, 0.2) is 39.9 Å². The molecule has 0 aromatic heterocycles. The quantitative estimate of drug-likeness (QED) is 0.427. The van der Waals surface area contributed by atoms with E-state index >= 15 is 0 Å². The average Bonchev–Trinajstić information content (AvgIpc) is 2.65. The van der Waals surface area contributed by atoms with Gasteiger partial charge in [-0.25, -0.2) is 13.8 Å². The standard InChI is InChI=1S/C19H21BrClN3O5S/c1-12-7-14(21)5-6-16(12)24(30(4,26)27)11-18(25)23-22-10-13-8-15(20)19(29-3)17(9-13)28-2/h5-10H,11H2,1-4H3,(H,23,25)/b22-10-. The highest BCUT2D eigenvalue weighted by molar-refractivity contribution is 9.10. The number of nitrogens with one attached hydrogen (secondary N) is 1. The van der Waals surface area contributed by atoms with Crippen LogP contribution in [0.3, 0.4) is 0 Å². The number of carbonyl (C=O) groups is 1. The molecule has 1 amide bonds. The van der Waals surface area contributed by atoms with Gasteiger partial charge in [0.05, 0.1) is 36.9 Å². The number of ether oxygens (including phenoxy) is 2. The van der Waals surface area contributed by atoms with Gasteiger partial charge in [-0.1, -0.05) is 11.6 Å². The molecule has 0 aliphatic carbocycles. The van der Waals surface area contributed by atoms with Crippen LogP contribution in [0.25, 0.3) is 0 Å². The summed E-state index contributed by atoms with van der Waals surface area (Å²) in [5.74, 6) is 0.410. The first-order valence-corrected chi connectivity index (χ1v) is 11.6. The molecule has 2 aromatic carbocycles. The normalized spacial score (nSPS) is 11.4. The molecule has 0 radical (unpaired) electrons. The van der Waals surface area contributed by atoms with E-state index in [0.29, 0.717) is 37.8 Å². The van der Waals surface area contributed by atoms with E-state index in [2.05, 4.69) is 26.5 Å². The van der Waals surface area contributed by atoms with Crippen LogP contribution in [-0.2, 0) is 14.8 Å². The smallest absolute Gasteiger partial charge is 0.260 e. The number of rotatable bonds is 8. The summed E-state index contributed by atoms with van der Waals surface area (Å²) in [4.78, 5) is 12.3. The molecule has 0 aliphatic heterocycles. The van der Waals surface area contributed by atoms with Crippen molar-refractivity contribution in [3.63, 3.8) is 0 Å². The number of amides is 1. The van der Waals surface area contributed by atoms with Crippen molar-refractivity contribution in [1.29, 1.82) is 0 Å². The van der Waals surface area contributed by atoms with Gasteiger partial charge in [0, 0.05) is 5.02 Å². The number of aryl methyl sites for hydroxylation is 1. The van der Waals surface area contributed by atoms with Gasteiger partial charge in [-0.05, 0) is 64.3 Å². The summed E-state index contributed by atoms with van der Waals surface area (Å²) in [5.41, 5.74) is 3.95. The van der Waals surface area contributed by atoms with E-state index in [1.165, 1.54) is 20.4 Å². The summed E-state index contributed by atoms with van der Waals surface area (Å²) in [7, 11) is -0.681. The molecule has 0 heterocycles. The van der Waals surface area contributed by atoms with Crippen molar-refractivity contribution in [3.8, 4) is 11.5 Å². The zero-order valence-electron chi connectivity index (χ0n) is 16.8. The van der Waals surface area contributed by atoms with Crippen molar-refractivity contribution in [2.45, 2.75) is 6.92 Å². The van der Waals surface area contributed by atoms with Crippen molar-refractivity contribution < 1.29 is 22.7 Å². The molecule has 30 heavy (non-hydrogen) atoms. The van der Waals surface area contributed by atoms with Crippen molar-refractivity contribution >= 4 is 55.4 Å². The van der Waals surface area contributed by atoms with E-state index in [1.807, 2.05) is 0 Å². The highest BCUT2D eigenvalue weighted by Gasteiger charge is 2.22. The average molecular weight is 519 g/mol. The molecule has 11 heteroatoms. The number of benzene rings is 2. The van der Waals surface area contributed by atoms with Gasteiger partial charge in [0.2, 0.25) is 10.0 Å². The monoisotopic (exact) mass is 517 g/mol. The van der Waals surface area contributed by atoms with Crippen LogP contribution >= 0.6 is 27.5 Å². The Kier molecular flexibility index (Phi) is 8.10. The zero-order chi connectivity index (χ0) is 22.5. The number of nitrogens with zero attached hydrogens (tertiary/aromatic N) is 2. The lowest BCUT2D eigenvalue weighted by Crippen LogP contribution is -2.39. The minimum atomic E-state index is -3.71. The Hall–Kier alpha value is -2.30. The lowest BCUT2D eigenvalue weighted by molar-refractivity contribution is -0.119. The number of halogens is 2. The van der Waals surface area contributed by atoms with E-state index in [1.54, 1.807) is 37.3 Å². The van der Waals surface area contributed by atoms with Gasteiger partial charge >= 0.3 is 0 Å². The first-order valence-electron chi connectivity index (χ1n) is 8.54. The van der Waals surface area contributed by atoms with Gasteiger partial charge < -0.3 is 9.47 Å². The fraction of sp³-hybridized carbons (Fsp3) is 0.263. The Bertz CT molecular complexity index is 1080. The van der Waals surface area contributed by atoms with Gasteiger partial charge in [0.1, 0.15) is 6.54 Å². The number of anilines is 1. The number of sulfonamides is 1. The van der Waals surface area contributed by atoms with Crippen molar-refractivity contribution in [1.82, 2.24) is 5.43 Å². The fourth-order valence-electron chi connectivity index (χ4n) is 2.64. The minimum Gasteiger partial charge on any atom is -0.493 e. The second kappa shape index (κ2) is 10.1. The Balaban J connectivity index is 2.16. The van der Waals surface area contributed by atoms with Crippen LogP contribution in [0.1, 0.15) is 11.1 Å². The Labute approximate surface area is 189 Å². The molecule has 0 bridgehead atoms. The van der Waals surface area contributed by atoms with E-state index in [9.17, 15) is 13.2 Å². The second-order valence-corrected chi connectivity index (χ2v) is 9.43. The molecular formula is C19H21BrClN3O5S. The number of hydrogen-bond donors (Lipinski definition) is 1. The molecule has 0 unspecified atom stereocenters. The maximum atomic E-state index is 12.3. The van der Waals surface area contributed by atoms with E-state index in [4.69, 9.17) is 21.1 Å². The summed E-state index contributed by atoms with van der Waals surface area (Å²) in [6.07, 6.45) is 2.43. The summed E-state index contributed by atoms with van der Waals surface area (Å²) in [6, 6.07) is 8.15. The lowest BCUT2D eigenvalue weighted by Gasteiger charge is -2.23. The second-order valence-electron chi connectivity index (χ2n) is 6.23. The van der Waals surface area contributed by atoms with Gasteiger partial charge in [0.25, 0.3) is 5.91 Å². The Morgan fingerprint density at radius 2 is 1.97 bits per heavy atom. The summed E-state index contributed by atoms with van der Waals surface area (Å²) < 4.78 is 36.6. The van der Waals surface area contributed by atoms with Crippen LogP contribution in [0.4, 0.5) is 5.69 Å². The predicted octanol–water partition coefficient (Wildman–Crippen LogP) is 3.34. The topological polar surface area (TPSA) is 97.3 Å². The molecule has 0 fully saturated rings. The van der Waals surface area contributed by atoms with Crippen LogP contribution in [0, 0.1) is 6.92 Å². The highest BCUT2D eigenvalue weighted by atomic mass is 79.9. The van der Waals surface area contributed by atoms with Crippen LogP contribution < -0.4 is 19.2 Å². The van der Waals surface area contributed by atoms with E-state index in [0.717, 1.165) is 10.6 Å². The minimum absolute atomic E-state index is 0.366. The Morgan fingerprint density at radius 3 is 2.53 bits per heavy atom. The van der Waals surface area contributed by atoms with Crippen molar-refractivity contribution in [2.24, 2.45) is 5.10 Å². The number of carbonyl (C=O) groups excluding carboxylic acids is 1. The van der Waals surface area contributed by atoms with Gasteiger partial charge in [-0.3, -0.25) is 9.10 Å². The number of hydrazone groups is 1. The molecule has 2 rings (SSSR count). The molecule has 2 aromatic rings. The molecule has 1 N–H and O–H groups in total. The third kappa shape index (κ3) is 6.10. The van der Waals surface area contributed by atoms with Crippen LogP contribution in [-0.4, -0.2) is 47.6 Å². The maximum absolute atomic E-state index is 12.3. The fourth-order valence-corrected chi connectivity index (χ4v) is 4.40. The van der Waals surface area contributed by atoms with Crippen LogP contribution in [0.2, 0.25) is 5.02 Å². The van der Waals surface area contributed by atoms with E-state index < -0.39 is 22.5 Å². The summed E-state index contributed by atoms with van der Waals surface area (Å²) >= 11 is 9.31. The number of methoxy groups -OCH3 is 2.